The van der Waals surface area contributed by atoms with Crippen LogP contribution in [0.4, 0.5) is 13.2 Å². The molecule has 2 aromatic carbocycles. The Hall–Kier alpha value is -3.09. The summed E-state index contributed by atoms with van der Waals surface area (Å²) < 4.78 is 40.9. The zero-order chi connectivity index (χ0) is 22.0. The van der Waals surface area contributed by atoms with Crippen LogP contribution in [0.2, 0.25) is 0 Å². The third kappa shape index (κ3) is 5.34. The van der Waals surface area contributed by atoms with Gasteiger partial charge < -0.3 is 9.47 Å². The molecule has 0 atom stereocenters. The van der Waals surface area contributed by atoms with Crippen LogP contribution >= 0.6 is 0 Å². The number of amides is 1. The van der Waals surface area contributed by atoms with E-state index in [2.05, 4.69) is 4.98 Å². The van der Waals surface area contributed by atoms with E-state index >= 15 is 0 Å². The first-order valence-electron chi connectivity index (χ1n) is 10.3. The molecule has 0 N–H and O–H groups in total. The summed E-state index contributed by atoms with van der Waals surface area (Å²) in [5.41, 5.74) is 1.58. The molecule has 1 saturated carbocycles. The van der Waals surface area contributed by atoms with Gasteiger partial charge in [0.05, 0.1) is 12.1 Å². The van der Waals surface area contributed by atoms with E-state index in [-0.39, 0.29) is 12.5 Å². The molecular weight excluding hydrogens is 403 g/mol. The van der Waals surface area contributed by atoms with Crippen molar-refractivity contribution in [2.75, 3.05) is 6.54 Å². The number of rotatable bonds is 7. The zero-order valence-corrected chi connectivity index (χ0v) is 17.3. The summed E-state index contributed by atoms with van der Waals surface area (Å²) in [6, 6.07) is 12.8. The molecule has 0 unspecified atom stereocenters. The summed E-state index contributed by atoms with van der Waals surface area (Å²) in [7, 11) is 0. The minimum atomic E-state index is -4.38. The molecule has 0 spiro atoms. The molecule has 162 valence electrons. The van der Waals surface area contributed by atoms with E-state index in [4.69, 9.17) is 0 Å². The van der Waals surface area contributed by atoms with E-state index in [1.54, 1.807) is 27.9 Å². The van der Waals surface area contributed by atoms with Crippen molar-refractivity contribution in [1.29, 1.82) is 0 Å². The molecule has 4 nitrogen and oxygen atoms in total. The highest BCUT2D eigenvalue weighted by Gasteiger charge is 2.31. The average molecular weight is 427 g/mol. The number of alkyl halides is 3. The quantitative estimate of drug-likeness (QED) is 0.513. The fourth-order valence-corrected chi connectivity index (χ4v) is 3.56. The van der Waals surface area contributed by atoms with E-state index in [0.29, 0.717) is 36.0 Å². The van der Waals surface area contributed by atoms with Crippen LogP contribution in [0.25, 0.3) is 0 Å². The van der Waals surface area contributed by atoms with Gasteiger partial charge in [0.15, 0.2) is 0 Å². The molecule has 0 saturated heterocycles. The molecule has 4 rings (SSSR count). The van der Waals surface area contributed by atoms with Crippen LogP contribution in [0.5, 0.6) is 0 Å². The maximum absolute atomic E-state index is 13.1. The minimum absolute atomic E-state index is 0.0551. The summed E-state index contributed by atoms with van der Waals surface area (Å²) in [6.07, 6.45) is 1.19. The summed E-state index contributed by atoms with van der Waals surface area (Å²) in [4.78, 5) is 19.3. The highest BCUT2D eigenvalue weighted by Crippen LogP contribution is 2.31. The largest absolute Gasteiger partial charge is 0.416 e. The highest BCUT2D eigenvalue weighted by atomic mass is 19.4. The molecule has 0 bridgehead atoms. The maximum Gasteiger partial charge on any atom is 0.416 e. The van der Waals surface area contributed by atoms with Gasteiger partial charge in [-0.1, -0.05) is 29.8 Å². The van der Waals surface area contributed by atoms with Gasteiger partial charge in [-0.15, -0.1) is 0 Å². The normalized spacial score (nSPS) is 13.9. The smallest absolute Gasteiger partial charge is 0.331 e. The van der Waals surface area contributed by atoms with Crippen molar-refractivity contribution in [3.05, 3.63) is 89.0 Å². The van der Waals surface area contributed by atoms with Crippen LogP contribution in [0.1, 0.15) is 45.7 Å². The Kier molecular flexibility index (Phi) is 5.85. The topological polar surface area (TPSA) is 38.1 Å². The molecule has 1 aliphatic carbocycles. The van der Waals surface area contributed by atoms with Gasteiger partial charge in [0.1, 0.15) is 5.82 Å². The predicted molar refractivity (Wildman–Crippen MR) is 111 cm³/mol. The zero-order valence-electron chi connectivity index (χ0n) is 17.3. The molecule has 31 heavy (non-hydrogen) atoms. The van der Waals surface area contributed by atoms with Crippen LogP contribution in [-0.4, -0.2) is 26.9 Å². The van der Waals surface area contributed by atoms with Gasteiger partial charge in [-0.3, -0.25) is 4.79 Å². The van der Waals surface area contributed by atoms with Crippen molar-refractivity contribution < 1.29 is 18.0 Å². The standard InChI is InChI=1S/C24H24F3N3O/c1-17-5-9-20(10-6-17)23(31)30(14-18-7-8-18)16-22-28-11-12-29(22)15-19-3-2-4-21(13-19)24(25,26)27/h2-6,9-13,18H,7-8,14-16H2,1H3. The Bertz CT molecular complexity index is 1050. The van der Waals surface area contributed by atoms with Gasteiger partial charge >= 0.3 is 6.18 Å². The number of hydrogen-bond acceptors (Lipinski definition) is 2. The summed E-state index contributed by atoms with van der Waals surface area (Å²) in [6.45, 7) is 3.20. The summed E-state index contributed by atoms with van der Waals surface area (Å²) in [5, 5.41) is 0. The number of carbonyl (C=O) groups excluding carboxylic acids is 1. The Morgan fingerprint density at radius 1 is 1.16 bits per heavy atom. The third-order valence-corrected chi connectivity index (χ3v) is 5.50. The number of imidazole rings is 1. The van der Waals surface area contributed by atoms with Gasteiger partial charge in [-0.25, -0.2) is 4.98 Å². The minimum Gasteiger partial charge on any atom is -0.331 e. The first-order valence-corrected chi connectivity index (χ1v) is 10.3. The second-order valence-electron chi connectivity index (χ2n) is 8.16. The first kappa shape index (κ1) is 21.2. The van der Waals surface area contributed by atoms with Crippen molar-refractivity contribution in [2.24, 2.45) is 5.92 Å². The van der Waals surface area contributed by atoms with Crippen LogP contribution < -0.4 is 0 Å². The number of hydrogen-bond donors (Lipinski definition) is 0. The van der Waals surface area contributed by atoms with Crippen LogP contribution in [-0.2, 0) is 19.3 Å². The van der Waals surface area contributed by atoms with Gasteiger partial charge in [0.25, 0.3) is 5.91 Å². The SMILES string of the molecule is Cc1ccc(C(=O)N(Cc2nccn2Cc2cccc(C(F)(F)F)c2)CC2CC2)cc1. The fraction of sp³-hybridized carbons (Fsp3) is 0.333. The number of halogens is 3. The number of carbonyl (C=O) groups is 1. The van der Waals surface area contributed by atoms with E-state index in [9.17, 15) is 18.0 Å². The number of nitrogens with zero attached hydrogens (tertiary/aromatic N) is 3. The maximum atomic E-state index is 13.1. The van der Waals surface area contributed by atoms with Gasteiger partial charge in [0, 0.05) is 31.0 Å². The van der Waals surface area contributed by atoms with Crippen molar-refractivity contribution >= 4 is 5.91 Å². The van der Waals surface area contributed by atoms with Crippen molar-refractivity contribution in [3.63, 3.8) is 0 Å². The summed E-state index contributed by atoms with van der Waals surface area (Å²) >= 11 is 0. The van der Waals surface area contributed by atoms with Gasteiger partial charge in [-0.2, -0.15) is 13.2 Å². The Morgan fingerprint density at radius 2 is 1.90 bits per heavy atom. The van der Waals surface area contributed by atoms with Crippen molar-refractivity contribution in [2.45, 2.75) is 39.0 Å². The van der Waals surface area contributed by atoms with Crippen LogP contribution in [0.15, 0.2) is 60.9 Å². The van der Waals surface area contributed by atoms with Crippen LogP contribution in [0, 0.1) is 12.8 Å². The number of benzene rings is 2. The lowest BCUT2D eigenvalue weighted by atomic mass is 10.1. The Morgan fingerprint density at radius 3 is 2.58 bits per heavy atom. The molecule has 1 aromatic heterocycles. The predicted octanol–water partition coefficient (Wildman–Crippen LogP) is 5.31. The lowest BCUT2D eigenvalue weighted by Gasteiger charge is -2.23. The second kappa shape index (κ2) is 8.57. The summed E-state index contributed by atoms with van der Waals surface area (Å²) in [5.74, 6) is 1.10. The molecule has 1 aliphatic rings. The molecule has 1 heterocycles. The van der Waals surface area contributed by atoms with E-state index < -0.39 is 11.7 Å². The van der Waals surface area contributed by atoms with Crippen molar-refractivity contribution in [3.8, 4) is 0 Å². The first-order chi connectivity index (χ1) is 14.8. The van der Waals surface area contributed by atoms with Gasteiger partial charge in [0.2, 0.25) is 0 Å². The molecule has 3 aromatic rings. The fourth-order valence-electron chi connectivity index (χ4n) is 3.56. The molecule has 0 radical (unpaired) electrons. The van der Waals surface area contributed by atoms with Crippen molar-refractivity contribution in [1.82, 2.24) is 14.5 Å². The molecule has 1 fully saturated rings. The molecule has 0 aliphatic heterocycles. The lowest BCUT2D eigenvalue weighted by molar-refractivity contribution is -0.137. The monoisotopic (exact) mass is 427 g/mol. The molecule has 7 heteroatoms. The van der Waals surface area contributed by atoms with Gasteiger partial charge in [-0.05, 0) is 55.5 Å². The van der Waals surface area contributed by atoms with E-state index in [1.165, 1.54) is 6.07 Å². The van der Waals surface area contributed by atoms with Crippen LogP contribution in [0.3, 0.4) is 0 Å². The number of aromatic nitrogens is 2. The number of aryl methyl sites for hydroxylation is 1. The van der Waals surface area contributed by atoms with E-state index in [1.807, 2.05) is 31.2 Å². The lowest BCUT2D eigenvalue weighted by Crippen LogP contribution is -2.33. The second-order valence-corrected chi connectivity index (χ2v) is 8.16. The Balaban J connectivity index is 1.53. The third-order valence-electron chi connectivity index (χ3n) is 5.50. The highest BCUT2D eigenvalue weighted by molar-refractivity contribution is 5.94. The Labute approximate surface area is 179 Å². The molecular formula is C24H24F3N3O. The average Bonchev–Trinajstić information content (AvgIpc) is 3.45. The van der Waals surface area contributed by atoms with E-state index in [0.717, 1.165) is 30.5 Å². The molecule has 1 amide bonds.